The van der Waals surface area contributed by atoms with Crippen molar-refractivity contribution in [2.45, 2.75) is 0 Å². The number of halogens is 1. The molecule has 0 amide bonds. The maximum Gasteiger partial charge on any atom is 0.151 e. The van der Waals surface area contributed by atoms with Gasteiger partial charge in [-0.2, -0.15) is 0 Å². The summed E-state index contributed by atoms with van der Waals surface area (Å²) in [7, 11) is 0. The Balaban J connectivity index is 1.94. The molecule has 1 heterocycles. The van der Waals surface area contributed by atoms with Gasteiger partial charge in [0, 0.05) is 12.4 Å². The van der Waals surface area contributed by atoms with E-state index in [2.05, 4.69) is 41.3 Å². The molecule has 104 valence electrons. The highest BCUT2D eigenvalue weighted by atomic mass is 35.5. The maximum atomic E-state index is 6.08. The zero-order valence-electron chi connectivity index (χ0n) is 11.4. The highest BCUT2D eigenvalue weighted by Crippen LogP contribution is 2.47. The summed E-state index contributed by atoms with van der Waals surface area (Å²) in [6.07, 6.45) is 0. The summed E-state index contributed by atoms with van der Waals surface area (Å²) in [4.78, 5) is 2.23. The van der Waals surface area contributed by atoms with Crippen LogP contribution >= 0.6 is 11.6 Å². The van der Waals surface area contributed by atoms with Crippen LogP contribution in [0.4, 0.5) is 11.4 Å². The van der Waals surface area contributed by atoms with Gasteiger partial charge in [-0.3, -0.25) is 0 Å². The van der Waals surface area contributed by atoms with Gasteiger partial charge in [0.05, 0.1) is 11.4 Å². The molecule has 0 spiro atoms. The largest absolute Gasteiger partial charge is 0.453 e. The lowest BCUT2D eigenvalue weighted by Gasteiger charge is -2.32. The van der Waals surface area contributed by atoms with Gasteiger partial charge in [0.2, 0.25) is 0 Å². The topological polar surface area (TPSA) is 12.5 Å². The third kappa shape index (κ3) is 2.03. The molecular formula is C18H14ClNO. The van der Waals surface area contributed by atoms with Gasteiger partial charge in [-0.25, -0.2) is 0 Å². The summed E-state index contributed by atoms with van der Waals surface area (Å²) in [5.74, 6) is 2.34. The van der Waals surface area contributed by atoms with Crippen LogP contribution in [0.2, 0.25) is 0 Å². The molecule has 4 rings (SSSR count). The van der Waals surface area contributed by atoms with Crippen molar-refractivity contribution < 1.29 is 4.74 Å². The molecule has 1 aliphatic rings. The standard InChI is InChI=1S/C18H14ClNO/c19-9-10-20-15-7-3-4-8-17(15)21-18-12-14-6-2-1-5-13(14)11-16(18)20/h1-8,11-12H,9-10H2. The molecule has 0 fully saturated rings. The van der Waals surface area contributed by atoms with Crippen molar-refractivity contribution >= 4 is 33.7 Å². The van der Waals surface area contributed by atoms with Crippen LogP contribution in [-0.4, -0.2) is 12.4 Å². The predicted molar refractivity (Wildman–Crippen MR) is 88.2 cm³/mol. The SMILES string of the molecule is ClCCN1c2ccccc2Oc2cc3ccccc3cc21. The second kappa shape index (κ2) is 4.97. The predicted octanol–water partition coefficient (Wildman–Crippen LogP) is 5.32. The molecule has 1 aliphatic heterocycles. The minimum absolute atomic E-state index is 0.570. The summed E-state index contributed by atoms with van der Waals surface area (Å²) in [6.45, 7) is 0.757. The second-order valence-electron chi connectivity index (χ2n) is 5.08. The number of para-hydroxylation sites is 2. The molecule has 3 aromatic rings. The Kier molecular flexibility index (Phi) is 2.97. The average Bonchev–Trinajstić information content (AvgIpc) is 2.53. The van der Waals surface area contributed by atoms with E-state index in [9.17, 15) is 0 Å². The summed E-state index contributed by atoms with van der Waals surface area (Å²) < 4.78 is 6.08. The minimum Gasteiger partial charge on any atom is -0.453 e. The normalized spacial score (nSPS) is 12.7. The van der Waals surface area contributed by atoms with E-state index >= 15 is 0 Å². The van der Waals surface area contributed by atoms with E-state index < -0.39 is 0 Å². The molecule has 0 radical (unpaired) electrons. The van der Waals surface area contributed by atoms with Crippen LogP contribution in [0.3, 0.4) is 0 Å². The molecule has 3 heteroatoms. The van der Waals surface area contributed by atoms with Crippen LogP contribution in [0.5, 0.6) is 11.5 Å². The molecule has 0 unspecified atom stereocenters. The summed E-state index contributed by atoms with van der Waals surface area (Å²) in [6, 6.07) is 20.7. The fourth-order valence-corrected chi connectivity index (χ4v) is 3.01. The molecule has 0 saturated carbocycles. The molecule has 0 bridgehead atoms. The maximum absolute atomic E-state index is 6.08. The monoisotopic (exact) mass is 295 g/mol. The lowest BCUT2D eigenvalue weighted by molar-refractivity contribution is 0.474. The van der Waals surface area contributed by atoms with Gasteiger partial charge in [0.15, 0.2) is 11.5 Å². The number of rotatable bonds is 2. The van der Waals surface area contributed by atoms with Gasteiger partial charge in [0.25, 0.3) is 0 Å². The van der Waals surface area contributed by atoms with Crippen molar-refractivity contribution in [1.29, 1.82) is 0 Å². The zero-order valence-corrected chi connectivity index (χ0v) is 12.2. The Morgan fingerprint density at radius 1 is 0.810 bits per heavy atom. The van der Waals surface area contributed by atoms with Crippen LogP contribution in [-0.2, 0) is 0 Å². The van der Waals surface area contributed by atoms with Crippen LogP contribution in [0.1, 0.15) is 0 Å². The van der Waals surface area contributed by atoms with Gasteiger partial charge < -0.3 is 9.64 Å². The lowest BCUT2D eigenvalue weighted by Crippen LogP contribution is -2.23. The van der Waals surface area contributed by atoms with E-state index in [1.807, 2.05) is 24.3 Å². The number of anilines is 2. The first kappa shape index (κ1) is 12.5. The van der Waals surface area contributed by atoms with Crippen molar-refractivity contribution in [1.82, 2.24) is 0 Å². The molecule has 0 saturated heterocycles. The molecule has 21 heavy (non-hydrogen) atoms. The Bertz CT molecular complexity index is 815. The molecule has 2 nitrogen and oxygen atoms in total. The van der Waals surface area contributed by atoms with Crippen molar-refractivity contribution in [3.05, 3.63) is 60.7 Å². The highest BCUT2D eigenvalue weighted by Gasteiger charge is 2.24. The fraction of sp³-hybridized carbons (Fsp3) is 0.111. The van der Waals surface area contributed by atoms with E-state index in [0.29, 0.717) is 5.88 Å². The first-order valence-electron chi connectivity index (χ1n) is 7.00. The second-order valence-corrected chi connectivity index (χ2v) is 5.46. The lowest BCUT2D eigenvalue weighted by atomic mass is 10.1. The van der Waals surface area contributed by atoms with Gasteiger partial charge in [-0.15, -0.1) is 11.6 Å². The van der Waals surface area contributed by atoms with Crippen LogP contribution in [0.25, 0.3) is 10.8 Å². The first-order chi connectivity index (χ1) is 10.4. The molecule has 3 aromatic carbocycles. The third-order valence-electron chi connectivity index (χ3n) is 3.80. The Morgan fingerprint density at radius 2 is 1.52 bits per heavy atom. The average molecular weight is 296 g/mol. The summed E-state index contributed by atoms with van der Waals surface area (Å²) in [5, 5.41) is 2.39. The van der Waals surface area contributed by atoms with Crippen molar-refractivity contribution in [2.75, 3.05) is 17.3 Å². The van der Waals surface area contributed by atoms with Crippen LogP contribution in [0.15, 0.2) is 60.7 Å². The van der Waals surface area contributed by atoms with Gasteiger partial charge in [-0.1, -0.05) is 36.4 Å². The Hall–Kier alpha value is -2.19. The van der Waals surface area contributed by atoms with Crippen LogP contribution in [0, 0.1) is 0 Å². The zero-order chi connectivity index (χ0) is 14.2. The number of hydrogen-bond donors (Lipinski definition) is 0. The molecule has 0 N–H and O–H groups in total. The Morgan fingerprint density at radius 3 is 2.33 bits per heavy atom. The minimum atomic E-state index is 0.570. The van der Waals surface area contributed by atoms with E-state index in [4.69, 9.17) is 16.3 Å². The third-order valence-corrected chi connectivity index (χ3v) is 3.97. The number of nitrogens with zero attached hydrogens (tertiary/aromatic N) is 1. The van der Waals surface area contributed by atoms with E-state index in [-0.39, 0.29) is 0 Å². The van der Waals surface area contributed by atoms with Gasteiger partial charge in [-0.05, 0) is 35.0 Å². The molecular weight excluding hydrogens is 282 g/mol. The molecule has 0 aliphatic carbocycles. The summed E-state index contributed by atoms with van der Waals surface area (Å²) in [5.41, 5.74) is 2.15. The number of alkyl halides is 1. The first-order valence-corrected chi connectivity index (χ1v) is 7.53. The van der Waals surface area contributed by atoms with Gasteiger partial charge >= 0.3 is 0 Å². The molecule has 0 atom stereocenters. The number of hydrogen-bond acceptors (Lipinski definition) is 2. The van der Waals surface area contributed by atoms with Gasteiger partial charge in [0.1, 0.15) is 0 Å². The Labute approximate surface area is 128 Å². The van der Waals surface area contributed by atoms with Crippen LogP contribution < -0.4 is 9.64 Å². The van der Waals surface area contributed by atoms with Crippen molar-refractivity contribution in [3.63, 3.8) is 0 Å². The van der Waals surface area contributed by atoms with Crippen molar-refractivity contribution in [3.8, 4) is 11.5 Å². The number of benzene rings is 3. The quantitative estimate of drug-likeness (QED) is 0.593. The highest BCUT2D eigenvalue weighted by molar-refractivity contribution is 6.18. The van der Waals surface area contributed by atoms with E-state index in [1.165, 1.54) is 10.8 Å². The van der Waals surface area contributed by atoms with E-state index in [1.54, 1.807) is 0 Å². The van der Waals surface area contributed by atoms with E-state index in [0.717, 1.165) is 29.4 Å². The number of ether oxygens (including phenoxy) is 1. The molecule has 0 aromatic heterocycles. The fourth-order valence-electron chi connectivity index (χ4n) is 2.84. The smallest absolute Gasteiger partial charge is 0.151 e. The van der Waals surface area contributed by atoms with Crippen molar-refractivity contribution in [2.24, 2.45) is 0 Å². The number of fused-ring (bicyclic) bond motifs is 3. The summed E-state index contributed by atoms with van der Waals surface area (Å²) >= 11 is 6.00.